The van der Waals surface area contributed by atoms with Crippen LogP contribution in [0.3, 0.4) is 0 Å². The molecule has 0 aromatic heterocycles. The van der Waals surface area contributed by atoms with Crippen LogP contribution in [0.15, 0.2) is 12.2 Å². The lowest BCUT2D eigenvalue weighted by Crippen LogP contribution is -2.31. The molecule has 3 rings (SSSR count). The lowest BCUT2D eigenvalue weighted by atomic mass is 9.80. The number of esters is 1. The van der Waals surface area contributed by atoms with Crippen molar-refractivity contribution in [3.63, 3.8) is 0 Å². The molecule has 2 unspecified atom stereocenters. The van der Waals surface area contributed by atoms with Crippen molar-refractivity contribution < 1.29 is 9.53 Å². The highest BCUT2D eigenvalue weighted by atomic mass is 16.5. The zero-order valence-electron chi connectivity index (χ0n) is 8.48. The van der Waals surface area contributed by atoms with Crippen LogP contribution in [0, 0.1) is 23.7 Å². The van der Waals surface area contributed by atoms with Crippen molar-refractivity contribution in [2.75, 3.05) is 0 Å². The third-order valence-electron chi connectivity index (χ3n) is 4.27. The van der Waals surface area contributed by atoms with E-state index >= 15 is 0 Å². The molecular formula is C12H16O2. The monoisotopic (exact) mass is 192 g/mol. The second-order valence-electron chi connectivity index (χ2n) is 4.95. The number of rotatable bonds is 1. The second-order valence-corrected chi connectivity index (χ2v) is 4.95. The molecule has 0 N–H and O–H groups in total. The largest absolute Gasteiger partial charge is 0.462 e. The molecule has 76 valence electrons. The first-order chi connectivity index (χ1) is 6.75. The molecule has 0 saturated heterocycles. The molecule has 0 aromatic carbocycles. The molecule has 0 amide bonds. The third-order valence-corrected chi connectivity index (χ3v) is 4.27. The molecule has 2 saturated carbocycles. The van der Waals surface area contributed by atoms with Gasteiger partial charge < -0.3 is 4.74 Å². The number of allylic oxidation sites excluding steroid dienone is 2. The maximum Gasteiger partial charge on any atom is 0.302 e. The maximum absolute atomic E-state index is 10.9. The normalized spacial score (nSPS) is 48.2. The number of fused-ring (bicyclic) bond motifs is 5. The van der Waals surface area contributed by atoms with Gasteiger partial charge in [0.05, 0.1) is 0 Å². The summed E-state index contributed by atoms with van der Waals surface area (Å²) in [6.07, 6.45) is 8.56. The van der Waals surface area contributed by atoms with Gasteiger partial charge in [-0.3, -0.25) is 4.79 Å². The number of carbonyl (C=O) groups excluding carboxylic acids is 1. The fourth-order valence-corrected chi connectivity index (χ4v) is 3.83. The maximum atomic E-state index is 10.9. The fourth-order valence-electron chi connectivity index (χ4n) is 3.83. The Hall–Kier alpha value is -0.790. The number of ether oxygens (including phenoxy) is 1. The molecule has 2 heteroatoms. The van der Waals surface area contributed by atoms with E-state index in [1.165, 1.54) is 19.8 Å². The summed E-state index contributed by atoms with van der Waals surface area (Å²) in [7, 11) is 0. The van der Waals surface area contributed by atoms with Crippen LogP contribution in [-0.4, -0.2) is 12.1 Å². The van der Waals surface area contributed by atoms with E-state index in [-0.39, 0.29) is 12.1 Å². The van der Waals surface area contributed by atoms with Gasteiger partial charge in [0, 0.05) is 12.8 Å². The van der Waals surface area contributed by atoms with Gasteiger partial charge in [-0.05, 0) is 37.0 Å². The highest BCUT2D eigenvalue weighted by molar-refractivity contribution is 5.66. The minimum absolute atomic E-state index is 0.110. The Bertz CT molecular complexity index is 295. The van der Waals surface area contributed by atoms with E-state index < -0.39 is 0 Å². The van der Waals surface area contributed by atoms with Gasteiger partial charge in [0.25, 0.3) is 0 Å². The molecule has 2 fully saturated rings. The zero-order valence-corrected chi connectivity index (χ0v) is 8.48. The third kappa shape index (κ3) is 1.06. The van der Waals surface area contributed by atoms with E-state index in [4.69, 9.17) is 4.74 Å². The molecule has 0 radical (unpaired) electrons. The molecular weight excluding hydrogens is 176 g/mol. The highest BCUT2D eigenvalue weighted by Crippen LogP contribution is 2.57. The highest BCUT2D eigenvalue weighted by Gasteiger charge is 2.53. The minimum atomic E-state index is -0.110. The molecule has 0 heterocycles. The van der Waals surface area contributed by atoms with Crippen LogP contribution in [0.1, 0.15) is 26.2 Å². The smallest absolute Gasteiger partial charge is 0.302 e. The average Bonchev–Trinajstić information content (AvgIpc) is 2.68. The second kappa shape index (κ2) is 2.85. The van der Waals surface area contributed by atoms with Gasteiger partial charge in [-0.15, -0.1) is 0 Å². The Morgan fingerprint density at radius 3 is 3.00 bits per heavy atom. The summed E-state index contributed by atoms with van der Waals surface area (Å²) >= 11 is 0. The molecule has 3 aliphatic carbocycles. The van der Waals surface area contributed by atoms with Crippen molar-refractivity contribution in [1.29, 1.82) is 0 Å². The summed E-state index contributed by atoms with van der Waals surface area (Å²) in [5.74, 6) is 2.95. The molecule has 3 aliphatic rings. The van der Waals surface area contributed by atoms with Crippen molar-refractivity contribution in [1.82, 2.24) is 0 Å². The number of carbonyl (C=O) groups is 1. The quantitative estimate of drug-likeness (QED) is 0.470. The summed E-state index contributed by atoms with van der Waals surface area (Å²) in [5, 5.41) is 0. The molecule has 14 heavy (non-hydrogen) atoms. The standard InChI is InChI=1S/C12H16O2/c1-7(13)14-12-6-8-5-11(12)10-4-2-3-9(8)10/h2,4,8-12H,3,5-6H2,1H3/t8?,9-,10-,11?,12+/m1/s1. The van der Waals surface area contributed by atoms with Gasteiger partial charge >= 0.3 is 5.97 Å². The van der Waals surface area contributed by atoms with E-state index in [9.17, 15) is 4.79 Å². The summed E-state index contributed by atoms with van der Waals surface area (Å²) < 4.78 is 5.38. The van der Waals surface area contributed by atoms with Gasteiger partial charge in [-0.2, -0.15) is 0 Å². The summed E-state index contributed by atoms with van der Waals surface area (Å²) in [6.45, 7) is 1.52. The van der Waals surface area contributed by atoms with Crippen molar-refractivity contribution in [2.45, 2.75) is 32.3 Å². The predicted molar refractivity (Wildman–Crippen MR) is 52.5 cm³/mol. The molecule has 0 aromatic rings. The van der Waals surface area contributed by atoms with Gasteiger partial charge in [0.15, 0.2) is 0 Å². The number of hydrogen-bond acceptors (Lipinski definition) is 2. The lowest BCUT2D eigenvalue weighted by molar-refractivity contribution is -0.149. The Labute approximate surface area is 84.3 Å². The lowest BCUT2D eigenvalue weighted by Gasteiger charge is -2.30. The molecule has 2 nitrogen and oxygen atoms in total. The van der Waals surface area contributed by atoms with E-state index in [1.807, 2.05) is 0 Å². The first-order valence-electron chi connectivity index (χ1n) is 5.59. The topological polar surface area (TPSA) is 26.3 Å². The molecule has 0 aliphatic heterocycles. The molecule has 2 bridgehead atoms. The fraction of sp³-hybridized carbons (Fsp3) is 0.750. The number of hydrogen-bond donors (Lipinski definition) is 0. The van der Waals surface area contributed by atoms with Crippen molar-refractivity contribution in [3.05, 3.63) is 12.2 Å². The van der Waals surface area contributed by atoms with Crippen molar-refractivity contribution >= 4 is 5.97 Å². The van der Waals surface area contributed by atoms with Crippen LogP contribution in [0.2, 0.25) is 0 Å². The molecule has 5 atom stereocenters. The Morgan fingerprint density at radius 1 is 1.36 bits per heavy atom. The van der Waals surface area contributed by atoms with E-state index in [2.05, 4.69) is 12.2 Å². The van der Waals surface area contributed by atoms with Crippen LogP contribution in [-0.2, 0) is 9.53 Å². The SMILES string of the molecule is CC(=O)O[C@H]1CC2CC1[C@@H]1C=CC[C@H]21. The van der Waals surface area contributed by atoms with Gasteiger partial charge in [0.1, 0.15) is 6.10 Å². The Kier molecular flexibility index (Phi) is 1.73. The predicted octanol–water partition coefficient (Wildman–Crippen LogP) is 2.15. The summed E-state index contributed by atoms with van der Waals surface area (Å²) in [6, 6.07) is 0. The Balaban J connectivity index is 1.76. The molecule has 0 spiro atoms. The average molecular weight is 192 g/mol. The van der Waals surface area contributed by atoms with Crippen LogP contribution in [0.5, 0.6) is 0 Å². The van der Waals surface area contributed by atoms with Crippen LogP contribution < -0.4 is 0 Å². The summed E-state index contributed by atoms with van der Waals surface area (Å²) in [5.41, 5.74) is 0. The first kappa shape index (κ1) is 8.51. The van der Waals surface area contributed by atoms with Gasteiger partial charge in [-0.1, -0.05) is 12.2 Å². The Morgan fingerprint density at radius 2 is 2.21 bits per heavy atom. The van der Waals surface area contributed by atoms with E-state index in [0.717, 1.165) is 24.2 Å². The van der Waals surface area contributed by atoms with E-state index in [1.54, 1.807) is 0 Å². The minimum Gasteiger partial charge on any atom is -0.462 e. The zero-order chi connectivity index (χ0) is 9.71. The summed E-state index contributed by atoms with van der Waals surface area (Å²) in [4.78, 5) is 10.9. The van der Waals surface area contributed by atoms with Gasteiger partial charge in [-0.25, -0.2) is 0 Å². The van der Waals surface area contributed by atoms with Crippen molar-refractivity contribution in [2.24, 2.45) is 23.7 Å². The van der Waals surface area contributed by atoms with Crippen molar-refractivity contribution in [3.8, 4) is 0 Å². The van der Waals surface area contributed by atoms with Gasteiger partial charge in [0.2, 0.25) is 0 Å². The van der Waals surface area contributed by atoms with Crippen LogP contribution >= 0.6 is 0 Å². The van der Waals surface area contributed by atoms with E-state index in [0.29, 0.717) is 5.92 Å². The van der Waals surface area contributed by atoms with Crippen LogP contribution in [0.25, 0.3) is 0 Å². The first-order valence-corrected chi connectivity index (χ1v) is 5.59. The van der Waals surface area contributed by atoms with Crippen LogP contribution in [0.4, 0.5) is 0 Å².